The summed E-state index contributed by atoms with van der Waals surface area (Å²) in [5.74, 6) is -2.50. The molecule has 11 heteroatoms. The molecular weight excluding hydrogens is 351 g/mol. The Morgan fingerprint density at radius 3 is 2.31 bits per heavy atom. The number of hydrogen-bond donors (Lipinski definition) is 1. The van der Waals surface area contributed by atoms with Crippen LogP contribution in [0.2, 0.25) is 0 Å². The highest BCUT2D eigenvalue weighted by molar-refractivity contribution is 5.69. The summed E-state index contributed by atoms with van der Waals surface area (Å²) in [4.78, 5) is 22.4. The monoisotopic (exact) mass is 365 g/mol. The van der Waals surface area contributed by atoms with E-state index in [9.17, 15) is 18.0 Å². The topological polar surface area (TPSA) is 82.9 Å². The third-order valence-corrected chi connectivity index (χ3v) is 4.33. The van der Waals surface area contributed by atoms with Crippen molar-refractivity contribution in [2.24, 2.45) is 7.05 Å². The van der Waals surface area contributed by atoms with E-state index in [0.29, 0.717) is 36.8 Å². The van der Waals surface area contributed by atoms with Crippen molar-refractivity contribution < 1.29 is 13.2 Å². The molecule has 1 aliphatic rings. The highest BCUT2D eigenvalue weighted by Crippen LogP contribution is 2.26. The van der Waals surface area contributed by atoms with E-state index in [1.807, 2.05) is 0 Å². The third kappa shape index (κ3) is 2.65. The second-order valence-corrected chi connectivity index (χ2v) is 5.97. The van der Waals surface area contributed by atoms with E-state index in [1.54, 1.807) is 11.9 Å². The molecule has 1 N–H and O–H groups in total. The van der Waals surface area contributed by atoms with Crippen LogP contribution < -0.4 is 15.4 Å². The number of piperazine rings is 1. The van der Waals surface area contributed by atoms with Crippen molar-refractivity contribution in [1.29, 1.82) is 0 Å². The van der Waals surface area contributed by atoms with Crippen LogP contribution in [0.1, 0.15) is 0 Å². The average molecular weight is 365 g/mol. The number of nitrogens with zero attached hydrogens (tertiary/aromatic N) is 6. The van der Waals surface area contributed by atoms with Gasteiger partial charge in [0.2, 0.25) is 5.95 Å². The molecule has 2 aromatic heterocycles. The Morgan fingerprint density at radius 1 is 1.04 bits per heavy atom. The first-order valence-corrected chi connectivity index (χ1v) is 7.88. The molecule has 26 heavy (non-hydrogen) atoms. The smallest absolute Gasteiger partial charge is 0.282 e. The summed E-state index contributed by atoms with van der Waals surface area (Å²) in [5, 5.41) is 7.51. The first-order chi connectivity index (χ1) is 12.4. The molecule has 136 valence electrons. The Balaban J connectivity index is 1.58. The minimum atomic E-state index is -0.956. The molecule has 1 fully saturated rings. The van der Waals surface area contributed by atoms with E-state index in [2.05, 4.69) is 20.3 Å². The lowest BCUT2D eigenvalue weighted by Crippen LogP contribution is -2.48. The van der Waals surface area contributed by atoms with Gasteiger partial charge in [-0.05, 0) is 0 Å². The van der Waals surface area contributed by atoms with E-state index < -0.39 is 23.0 Å². The van der Waals surface area contributed by atoms with Crippen LogP contribution in [0.25, 0.3) is 11.2 Å². The number of benzene rings is 1. The zero-order valence-electron chi connectivity index (χ0n) is 13.7. The molecule has 8 nitrogen and oxygen atoms in total. The maximum Gasteiger partial charge on any atom is 0.282 e. The normalized spacial score (nSPS) is 15.1. The summed E-state index contributed by atoms with van der Waals surface area (Å²) in [6.45, 7) is 1.31. The molecule has 1 saturated heterocycles. The van der Waals surface area contributed by atoms with Gasteiger partial charge in [-0.25, -0.2) is 17.9 Å². The fourth-order valence-electron chi connectivity index (χ4n) is 3.04. The first-order valence-electron chi connectivity index (χ1n) is 7.88. The maximum absolute atomic E-state index is 13.9. The Bertz CT molecular complexity index is 1020. The number of hydrogen-bond acceptors (Lipinski definition) is 6. The van der Waals surface area contributed by atoms with Crippen LogP contribution in [0, 0.1) is 17.5 Å². The van der Waals surface area contributed by atoms with E-state index >= 15 is 0 Å². The first kappa shape index (κ1) is 16.4. The van der Waals surface area contributed by atoms with Crippen molar-refractivity contribution in [1.82, 2.24) is 25.0 Å². The molecule has 1 aromatic carbocycles. The predicted octanol–water partition coefficient (Wildman–Crippen LogP) is 0.795. The molecule has 3 heterocycles. The van der Waals surface area contributed by atoms with E-state index in [1.165, 1.54) is 9.58 Å². The molecule has 0 unspecified atom stereocenters. The van der Waals surface area contributed by atoms with Gasteiger partial charge in [-0.1, -0.05) is 5.21 Å². The lowest BCUT2D eigenvalue weighted by Gasteiger charge is -2.36. The van der Waals surface area contributed by atoms with Gasteiger partial charge >= 0.3 is 0 Å². The third-order valence-electron chi connectivity index (χ3n) is 4.33. The molecule has 3 aromatic rings. The van der Waals surface area contributed by atoms with Crippen LogP contribution in [-0.2, 0) is 7.05 Å². The van der Waals surface area contributed by atoms with Gasteiger partial charge in [0.15, 0.2) is 22.8 Å². The zero-order chi connectivity index (χ0) is 18.4. The summed E-state index contributed by atoms with van der Waals surface area (Å²) in [5.41, 5.74) is -0.165. The van der Waals surface area contributed by atoms with Gasteiger partial charge in [0, 0.05) is 45.4 Å². The number of H-pyrrole nitrogens is 1. The van der Waals surface area contributed by atoms with Crippen molar-refractivity contribution in [3.63, 3.8) is 0 Å². The quantitative estimate of drug-likeness (QED) is 0.723. The second-order valence-electron chi connectivity index (χ2n) is 5.97. The van der Waals surface area contributed by atoms with Crippen LogP contribution in [0.3, 0.4) is 0 Å². The summed E-state index contributed by atoms with van der Waals surface area (Å²) in [7, 11) is 1.63. The highest BCUT2D eigenvalue weighted by Gasteiger charge is 2.25. The minimum Gasteiger partial charge on any atom is -0.363 e. The molecule has 0 saturated carbocycles. The van der Waals surface area contributed by atoms with Gasteiger partial charge in [0.05, 0.1) is 0 Å². The largest absolute Gasteiger partial charge is 0.363 e. The Kier molecular flexibility index (Phi) is 3.78. The highest BCUT2D eigenvalue weighted by atomic mass is 19.1. The average Bonchev–Trinajstić information content (AvgIpc) is 2.96. The minimum absolute atomic E-state index is 0.144. The lowest BCUT2D eigenvalue weighted by molar-refractivity contribution is 0.528. The number of aryl methyl sites for hydroxylation is 1. The van der Waals surface area contributed by atoms with Gasteiger partial charge in [0.25, 0.3) is 5.56 Å². The van der Waals surface area contributed by atoms with Crippen molar-refractivity contribution in [2.45, 2.75) is 0 Å². The van der Waals surface area contributed by atoms with Crippen LogP contribution >= 0.6 is 0 Å². The van der Waals surface area contributed by atoms with Crippen LogP contribution in [0.4, 0.5) is 24.8 Å². The fraction of sp³-hybridized carbons (Fsp3) is 0.333. The SMILES string of the molecule is Cn1nnc2c(=O)[nH]c(N3CCN(c4c(F)cc(F)cc4F)CC3)nc21. The molecule has 0 spiro atoms. The summed E-state index contributed by atoms with van der Waals surface area (Å²) < 4.78 is 42.3. The number of rotatable bonds is 2. The predicted molar refractivity (Wildman–Crippen MR) is 87.7 cm³/mol. The number of aromatic nitrogens is 5. The number of anilines is 2. The summed E-state index contributed by atoms with van der Waals surface area (Å²) >= 11 is 0. The number of fused-ring (bicyclic) bond motifs is 1. The molecule has 0 radical (unpaired) electrons. The summed E-state index contributed by atoms with van der Waals surface area (Å²) in [6.07, 6.45) is 0. The van der Waals surface area contributed by atoms with Gasteiger partial charge in [-0.15, -0.1) is 5.10 Å². The van der Waals surface area contributed by atoms with E-state index in [-0.39, 0.29) is 24.3 Å². The van der Waals surface area contributed by atoms with E-state index in [0.717, 1.165) is 0 Å². The van der Waals surface area contributed by atoms with Crippen molar-refractivity contribution >= 4 is 22.8 Å². The standard InChI is InChI=1S/C15H14F3N7O/c1-23-13-11(21-22-23)14(26)20-15(19-13)25-4-2-24(3-5-25)12-9(17)6-8(16)7-10(12)18/h6-7H,2-5H2,1H3,(H,19,20,26). The molecule has 1 aliphatic heterocycles. The molecule has 0 atom stereocenters. The molecule has 0 aliphatic carbocycles. The molecular formula is C15H14F3N7O. The number of halogens is 3. The Morgan fingerprint density at radius 2 is 1.65 bits per heavy atom. The number of nitrogens with one attached hydrogen (secondary N) is 1. The Labute approximate surface area is 144 Å². The summed E-state index contributed by atoms with van der Waals surface area (Å²) in [6, 6.07) is 1.32. The van der Waals surface area contributed by atoms with Gasteiger partial charge in [-0.3, -0.25) is 9.78 Å². The van der Waals surface area contributed by atoms with Crippen molar-refractivity contribution in [3.05, 3.63) is 39.9 Å². The van der Waals surface area contributed by atoms with Crippen molar-refractivity contribution in [3.8, 4) is 0 Å². The maximum atomic E-state index is 13.9. The molecule has 0 bridgehead atoms. The molecule has 4 rings (SSSR count). The van der Waals surface area contributed by atoms with Crippen LogP contribution in [0.15, 0.2) is 16.9 Å². The zero-order valence-corrected chi connectivity index (χ0v) is 13.7. The fourth-order valence-corrected chi connectivity index (χ4v) is 3.04. The van der Waals surface area contributed by atoms with Gasteiger partial charge in [0.1, 0.15) is 11.5 Å². The van der Waals surface area contributed by atoms with Crippen molar-refractivity contribution in [2.75, 3.05) is 36.0 Å². The van der Waals surface area contributed by atoms with Crippen LogP contribution in [-0.4, -0.2) is 51.1 Å². The van der Waals surface area contributed by atoms with Crippen LogP contribution in [0.5, 0.6) is 0 Å². The van der Waals surface area contributed by atoms with Gasteiger partial charge in [-0.2, -0.15) is 4.98 Å². The number of aromatic amines is 1. The molecule has 0 amide bonds. The lowest BCUT2D eigenvalue weighted by atomic mass is 10.2. The second kappa shape index (κ2) is 6.00. The van der Waals surface area contributed by atoms with Gasteiger partial charge < -0.3 is 9.80 Å². The van der Waals surface area contributed by atoms with E-state index in [4.69, 9.17) is 0 Å². The Hall–Kier alpha value is -3.11.